The minimum atomic E-state index is -0.894. The summed E-state index contributed by atoms with van der Waals surface area (Å²) >= 11 is 0. The second kappa shape index (κ2) is 3.88. The smallest absolute Gasteiger partial charge is 0.347 e. The van der Waals surface area contributed by atoms with Gasteiger partial charge >= 0.3 is 11.3 Å². The number of furan rings is 1. The van der Waals surface area contributed by atoms with Crippen molar-refractivity contribution in [3.8, 4) is 0 Å². The average Bonchev–Trinajstić information content (AvgIpc) is 3.15. The molecule has 7 heteroatoms. The number of rotatable bonds is 0. The topological polar surface area (TPSA) is 102 Å². The van der Waals surface area contributed by atoms with Crippen LogP contribution in [0.25, 0.3) is 43.4 Å². The number of nitrogens with zero attached hydrogens (tertiary/aromatic N) is 1. The third kappa shape index (κ3) is 1.25. The van der Waals surface area contributed by atoms with Crippen LogP contribution in [-0.2, 0) is 7.05 Å². The zero-order chi connectivity index (χ0) is 16.7. The van der Waals surface area contributed by atoms with Gasteiger partial charge in [0, 0.05) is 23.3 Å². The second-order valence-electron chi connectivity index (χ2n) is 5.77. The number of H-pyrrole nitrogens is 1. The Morgan fingerprint density at radius 2 is 1.46 bits per heavy atom. The maximum absolute atomic E-state index is 12.5. The van der Waals surface area contributed by atoms with Crippen molar-refractivity contribution in [2.75, 3.05) is 0 Å². The summed E-state index contributed by atoms with van der Waals surface area (Å²) in [6.07, 6.45) is 0. The number of hydrogen-bond donors (Lipinski definition) is 1. The first kappa shape index (κ1) is 13.0. The predicted octanol–water partition coefficient (Wildman–Crippen LogP) is 0.875. The molecule has 5 aromatic rings. The number of aromatic nitrogens is 2. The van der Waals surface area contributed by atoms with Crippen LogP contribution in [0.3, 0.4) is 0 Å². The molecule has 0 bridgehead atoms. The van der Waals surface area contributed by atoms with Crippen LogP contribution in [0.5, 0.6) is 0 Å². The molecular formula is C17H8N2O5. The van der Waals surface area contributed by atoms with Crippen molar-refractivity contribution in [1.82, 2.24) is 9.55 Å². The SMILES string of the molecule is Cn1c(=O)c2c3[nH]c4ccccc4c3c3c(=O)oc(=O)c3c2c1=O. The fourth-order valence-electron chi connectivity index (χ4n) is 3.54. The number of benzene rings is 2. The van der Waals surface area contributed by atoms with E-state index in [1.165, 1.54) is 7.05 Å². The molecule has 0 saturated heterocycles. The van der Waals surface area contributed by atoms with Gasteiger partial charge in [0.15, 0.2) is 0 Å². The Labute approximate surface area is 131 Å². The van der Waals surface area contributed by atoms with E-state index in [2.05, 4.69) is 4.98 Å². The molecule has 0 aliphatic heterocycles. The van der Waals surface area contributed by atoms with Gasteiger partial charge in [0.05, 0.1) is 27.1 Å². The zero-order valence-electron chi connectivity index (χ0n) is 12.3. The molecule has 116 valence electrons. The standard InChI is InChI=1S/C17H8N2O5/c1-19-14(20)9-11-10(16(22)24-17(11)23)8-6-4-2-3-5-7(6)18-13(8)12(9)15(19)21/h2-5,18H,1H3. The summed E-state index contributed by atoms with van der Waals surface area (Å²) in [7, 11) is 1.34. The van der Waals surface area contributed by atoms with E-state index in [1.54, 1.807) is 24.3 Å². The Morgan fingerprint density at radius 3 is 2.21 bits per heavy atom. The average molecular weight is 320 g/mol. The monoisotopic (exact) mass is 320 g/mol. The normalized spacial score (nSPS) is 12.2. The van der Waals surface area contributed by atoms with E-state index >= 15 is 0 Å². The van der Waals surface area contributed by atoms with Gasteiger partial charge in [0.1, 0.15) is 0 Å². The lowest BCUT2D eigenvalue weighted by Crippen LogP contribution is -2.21. The van der Waals surface area contributed by atoms with Crippen molar-refractivity contribution in [3.05, 3.63) is 65.8 Å². The highest BCUT2D eigenvalue weighted by Crippen LogP contribution is 2.34. The first-order valence-electron chi connectivity index (χ1n) is 7.20. The molecule has 0 spiro atoms. The van der Waals surface area contributed by atoms with Gasteiger partial charge in [-0.05, 0) is 6.07 Å². The van der Waals surface area contributed by atoms with E-state index in [1.807, 2.05) is 0 Å². The Kier molecular flexibility index (Phi) is 2.10. The van der Waals surface area contributed by atoms with Crippen molar-refractivity contribution in [1.29, 1.82) is 0 Å². The van der Waals surface area contributed by atoms with Crippen LogP contribution < -0.4 is 22.4 Å². The summed E-state index contributed by atoms with van der Waals surface area (Å²) in [5.74, 6) is 0. The van der Waals surface area contributed by atoms with Gasteiger partial charge in [0.25, 0.3) is 11.1 Å². The van der Waals surface area contributed by atoms with Crippen LogP contribution in [-0.4, -0.2) is 9.55 Å². The highest BCUT2D eigenvalue weighted by Gasteiger charge is 2.26. The van der Waals surface area contributed by atoms with Gasteiger partial charge in [0.2, 0.25) is 0 Å². The van der Waals surface area contributed by atoms with E-state index in [0.29, 0.717) is 21.8 Å². The quantitative estimate of drug-likeness (QED) is 0.456. The van der Waals surface area contributed by atoms with Crippen molar-refractivity contribution >= 4 is 43.4 Å². The molecule has 0 radical (unpaired) electrons. The second-order valence-corrected chi connectivity index (χ2v) is 5.77. The largest absolute Gasteiger partial charge is 0.386 e. The van der Waals surface area contributed by atoms with Gasteiger partial charge < -0.3 is 9.40 Å². The Hall–Kier alpha value is -3.48. The molecule has 7 nitrogen and oxygen atoms in total. The summed E-state index contributed by atoms with van der Waals surface area (Å²) in [5.41, 5.74) is -1.75. The van der Waals surface area contributed by atoms with E-state index in [-0.39, 0.29) is 21.5 Å². The van der Waals surface area contributed by atoms with Crippen LogP contribution in [0.4, 0.5) is 0 Å². The lowest BCUT2D eigenvalue weighted by molar-refractivity contribution is 0.500. The van der Waals surface area contributed by atoms with Crippen LogP contribution >= 0.6 is 0 Å². The summed E-state index contributed by atoms with van der Waals surface area (Å²) < 4.78 is 5.66. The van der Waals surface area contributed by atoms with Gasteiger partial charge in [-0.1, -0.05) is 18.2 Å². The minimum Gasteiger partial charge on any atom is -0.386 e. The molecular weight excluding hydrogens is 312 g/mol. The summed E-state index contributed by atoms with van der Waals surface area (Å²) in [4.78, 5) is 52.5. The van der Waals surface area contributed by atoms with Crippen LogP contribution in [0.15, 0.2) is 47.9 Å². The summed E-state index contributed by atoms with van der Waals surface area (Å²) in [5, 5.41) is 1.10. The molecule has 2 aromatic carbocycles. The molecule has 3 heterocycles. The lowest BCUT2D eigenvalue weighted by Gasteiger charge is -1.94. The number of para-hydroxylation sites is 1. The molecule has 24 heavy (non-hydrogen) atoms. The van der Waals surface area contributed by atoms with Crippen LogP contribution in [0.1, 0.15) is 0 Å². The number of fused-ring (bicyclic) bond motifs is 8. The maximum Gasteiger partial charge on any atom is 0.347 e. The zero-order valence-corrected chi connectivity index (χ0v) is 12.3. The number of aromatic amines is 1. The molecule has 0 amide bonds. The van der Waals surface area contributed by atoms with Crippen molar-refractivity contribution in [3.63, 3.8) is 0 Å². The minimum absolute atomic E-state index is 0.0441. The number of nitrogens with one attached hydrogen (secondary N) is 1. The van der Waals surface area contributed by atoms with E-state index < -0.39 is 22.4 Å². The third-order valence-corrected chi connectivity index (χ3v) is 4.59. The third-order valence-electron chi connectivity index (χ3n) is 4.59. The summed E-state index contributed by atoms with van der Waals surface area (Å²) in [6, 6.07) is 7.17. The molecule has 0 unspecified atom stereocenters. The van der Waals surface area contributed by atoms with Crippen LogP contribution in [0, 0.1) is 0 Å². The first-order valence-corrected chi connectivity index (χ1v) is 7.20. The first-order chi connectivity index (χ1) is 11.5. The molecule has 3 aromatic heterocycles. The molecule has 0 saturated carbocycles. The Balaban J connectivity index is 2.41. The summed E-state index contributed by atoms with van der Waals surface area (Å²) in [6.45, 7) is 0. The van der Waals surface area contributed by atoms with Crippen molar-refractivity contribution in [2.24, 2.45) is 7.05 Å². The Morgan fingerprint density at radius 1 is 0.833 bits per heavy atom. The molecule has 0 atom stereocenters. The fraction of sp³-hybridized carbons (Fsp3) is 0.0588. The molecule has 0 aliphatic carbocycles. The van der Waals surface area contributed by atoms with Gasteiger partial charge in [-0.2, -0.15) is 0 Å². The molecule has 0 aliphatic rings. The van der Waals surface area contributed by atoms with E-state index in [9.17, 15) is 19.2 Å². The maximum atomic E-state index is 12.5. The molecule has 5 rings (SSSR count). The lowest BCUT2D eigenvalue weighted by atomic mass is 10.0. The van der Waals surface area contributed by atoms with Gasteiger partial charge in [-0.3, -0.25) is 14.2 Å². The number of hydrogen-bond acceptors (Lipinski definition) is 5. The van der Waals surface area contributed by atoms with E-state index in [4.69, 9.17) is 4.42 Å². The highest BCUT2D eigenvalue weighted by atomic mass is 16.4. The van der Waals surface area contributed by atoms with Crippen LogP contribution in [0.2, 0.25) is 0 Å². The van der Waals surface area contributed by atoms with Crippen molar-refractivity contribution < 1.29 is 4.42 Å². The Bertz CT molecular complexity index is 1540. The molecule has 1 N–H and O–H groups in total. The molecule has 0 fully saturated rings. The fourth-order valence-corrected chi connectivity index (χ4v) is 3.54. The highest BCUT2D eigenvalue weighted by molar-refractivity contribution is 6.30. The van der Waals surface area contributed by atoms with Gasteiger partial charge in [-0.25, -0.2) is 9.59 Å². The van der Waals surface area contributed by atoms with Crippen molar-refractivity contribution in [2.45, 2.75) is 0 Å². The van der Waals surface area contributed by atoms with E-state index in [0.717, 1.165) is 4.57 Å². The predicted molar refractivity (Wildman–Crippen MR) is 89.5 cm³/mol. The van der Waals surface area contributed by atoms with Gasteiger partial charge in [-0.15, -0.1) is 0 Å².